The van der Waals surface area contributed by atoms with Gasteiger partial charge in [0.25, 0.3) is 11.8 Å². The Morgan fingerprint density at radius 3 is 2.26 bits per heavy atom. The van der Waals surface area contributed by atoms with Gasteiger partial charge in [-0.2, -0.15) is 13.2 Å². The lowest BCUT2D eigenvalue weighted by atomic mass is 10.1. The highest BCUT2D eigenvalue weighted by Crippen LogP contribution is 2.33. The Morgan fingerprint density at radius 2 is 1.60 bits per heavy atom. The third kappa shape index (κ3) is 8.22. The van der Waals surface area contributed by atoms with Crippen molar-refractivity contribution in [3.63, 3.8) is 0 Å². The molecule has 0 bridgehead atoms. The molecular weight excluding hydrogens is 581 g/mol. The van der Waals surface area contributed by atoms with Gasteiger partial charge >= 0.3 is 18.1 Å². The van der Waals surface area contributed by atoms with Gasteiger partial charge in [0.1, 0.15) is 5.00 Å². The number of halogens is 3. The molecular formula is C28H27F3N2O8S. The predicted octanol–water partition coefficient (Wildman–Crippen LogP) is 5.38. The van der Waals surface area contributed by atoms with Gasteiger partial charge in [-0.05, 0) is 62.7 Å². The summed E-state index contributed by atoms with van der Waals surface area (Å²) in [5.41, 5.74) is -0.0541. The topological polar surface area (TPSA) is 129 Å². The molecule has 2 amide bonds. The summed E-state index contributed by atoms with van der Waals surface area (Å²) in [4.78, 5) is 50.3. The van der Waals surface area contributed by atoms with Gasteiger partial charge in [0, 0.05) is 10.6 Å². The molecule has 0 saturated heterocycles. The molecule has 2 aromatic carbocycles. The Labute approximate surface area is 242 Å². The highest BCUT2D eigenvalue weighted by Gasteiger charge is 2.30. The van der Waals surface area contributed by atoms with Crippen LogP contribution < -0.4 is 20.1 Å². The number of hydrogen-bond donors (Lipinski definition) is 2. The monoisotopic (exact) mass is 608 g/mol. The maximum Gasteiger partial charge on any atom is 0.416 e. The average molecular weight is 609 g/mol. The standard InChI is InChI=1S/C28H27F3N2O8S/c1-5-39-27(37)24-15(2)16(3)42-25(24)33-23(35)14-41-26(36)17-9-10-20(21(11-17)38-4)40-13-22(34)32-19-8-6-7-18(12-19)28(29,30)31/h6-12H,5,13-14H2,1-4H3,(H,32,34)(H,33,35). The quantitative estimate of drug-likeness (QED) is 0.278. The van der Waals surface area contributed by atoms with Crippen LogP contribution in [0.3, 0.4) is 0 Å². The second-order valence-electron chi connectivity index (χ2n) is 8.61. The maximum atomic E-state index is 12.9. The molecule has 1 aromatic heterocycles. The molecule has 0 aliphatic heterocycles. The fourth-order valence-electron chi connectivity index (χ4n) is 3.57. The first-order valence-electron chi connectivity index (χ1n) is 12.4. The Hall–Kier alpha value is -4.59. The lowest BCUT2D eigenvalue weighted by molar-refractivity contribution is -0.137. The summed E-state index contributed by atoms with van der Waals surface area (Å²) in [6.45, 7) is 4.15. The van der Waals surface area contributed by atoms with Crippen molar-refractivity contribution in [2.75, 3.05) is 37.6 Å². The molecule has 0 atom stereocenters. The van der Waals surface area contributed by atoms with Crippen molar-refractivity contribution < 1.29 is 51.3 Å². The number of aryl methyl sites for hydroxylation is 1. The lowest BCUT2D eigenvalue weighted by Gasteiger charge is -2.13. The van der Waals surface area contributed by atoms with Crippen LogP contribution in [0.5, 0.6) is 11.5 Å². The molecule has 0 saturated carbocycles. The SMILES string of the molecule is CCOC(=O)c1c(NC(=O)COC(=O)c2ccc(OCC(=O)Nc3cccc(C(F)(F)F)c3)c(OC)c2)sc(C)c1C. The number of benzene rings is 2. The van der Waals surface area contributed by atoms with E-state index in [2.05, 4.69) is 10.6 Å². The largest absolute Gasteiger partial charge is 0.493 e. The van der Waals surface area contributed by atoms with E-state index in [0.717, 1.165) is 23.1 Å². The number of rotatable bonds is 11. The van der Waals surface area contributed by atoms with Crippen LogP contribution in [0, 0.1) is 13.8 Å². The van der Waals surface area contributed by atoms with Gasteiger partial charge < -0.3 is 29.6 Å². The summed E-state index contributed by atoms with van der Waals surface area (Å²) in [7, 11) is 1.29. The Balaban J connectivity index is 1.57. The number of ether oxygens (including phenoxy) is 4. The molecule has 3 rings (SSSR count). The molecule has 2 N–H and O–H groups in total. The summed E-state index contributed by atoms with van der Waals surface area (Å²) in [6.07, 6.45) is -4.56. The van der Waals surface area contributed by atoms with Crippen molar-refractivity contribution in [2.45, 2.75) is 26.9 Å². The number of nitrogens with one attached hydrogen (secondary N) is 2. The van der Waals surface area contributed by atoms with E-state index in [4.69, 9.17) is 18.9 Å². The van der Waals surface area contributed by atoms with Gasteiger partial charge in [0.15, 0.2) is 24.7 Å². The molecule has 14 heteroatoms. The number of methoxy groups -OCH3 is 1. The molecule has 224 valence electrons. The van der Waals surface area contributed by atoms with Crippen molar-refractivity contribution in [3.8, 4) is 11.5 Å². The van der Waals surface area contributed by atoms with Crippen LogP contribution in [0.1, 0.15) is 43.6 Å². The lowest BCUT2D eigenvalue weighted by Crippen LogP contribution is -2.22. The van der Waals surface area contributed by atoms with E-state index in [0.29, 0.717) is 5.56 Å². The fraction of sp³-hybridized carbons (Fsp3) is 0.286. The van der Waals surface area contributed by atoms with Crippen LogP contribution in [0.25, 0.3) is 0 Å². The molecule has 0 spiro atoms. The van der Waals surface area contributed by atoms with E-state index in [1.54, 1.807) is 20.8 Å². The number of thiophene rings is 1. The van der Waals surface area contributed by atoms with E-state index in [9.17, 15) is 32.3 Å². The first kappa shape index (κ1) is 31.9. The zero-order valence-electron chi connectivity index (χ0n) is 23.0. The van der Waals surface area contributed by atoms with Crippen LogP contribution in [0.4, 0.5) is 23.9 Å². The van der Waals surface area contributed by atoms with E-state index in [-0.39, 0.29) is 39.9 Å². The van der Waals surface area contributed by atoms with Crippen molar-refractivity contribution in [1.29, 1.82) is 0 Å². The number of alkyl halides is 3. The van der Waals surface area contributed by atoms with Gasteiger partial charge in [-0.1, -0.05) is 6.07 Å². The normalized spacial score (nSPS) is 10.9. The highest BCUT2D eigenvalue weighted by atomic mass is 32.1. The molecule has 0 fully saturated rings. The highest BCUT2D eigenvalue weighted by molar-refractivity contribution is 7.16. The van der Waals surface area contributed by atoms with E-state index in [1.807, 2.05) is 0 Å². The summed E-state index contributed by atoms with van der Waals surface area (Å²) in [5, 5.41) is 5.17. The van der Waals surface area contributed by atoms with Crippen molar-refractivity contribution in [3.05, 3.63) is 69.6 Å². The van der Waals surface area contributed by atoms with Crippen molar-refractivity contribution in [1.82, 2.24) is 0 Å². The number of carbonyl (C=O) groups excluding carboxylic acids is 4. The number of hydrogen-bond acceptors (Lipinski definition) is 9. The maximum absolute atomic E-state index is 12.9. The van der Waals surface area contributed by atoms with Gasteiger partial charge in [-0.3, -0.25) is 9.59 Å². The van der Waals surface area contributed by atoms with Gasteiger partial charge in [-0.25, -0.2) is 9.59 Å². The van der Waals surface area contributed by atoms with Crippen molar-refractivity contribution in [2.24, 2.45) is 0 Å². The van der Waals surface area contributed by atoms with Crippen molar-refractivity contribution >= 4 is 45.8 Å². The molecule has 0 radical (unpaired) electrons. The molecule has 42 heavy (non-hydrogen) atoms. The van der Waals surface area contributed by atoms with Gasteiger partial charge in [-0.15, -0.1) is 11.3 Å². The van der Waals surface area contributed by atoms with Crippen LogP contribution >= 0.6 is 11.3 Å². The fourth-order valence-corrected chi connectivity index (χ4v) is 4.63. The predicted molar refractivity (Wildman–Crippen MR) is 147 cm³/mol. The average Bonchev–Trinajstić information content (AvgIpc) is 3.22. The molecule has 0 unspecified atom stereocenters. The second-order valence-corrected chi connectivity index (χ2v) is 9.84. The molecule has 0 aliphatic carbocycles. The van der Waals surface area contributed by atoms with Crippen LogP contribution in [-0.4, -0.2) is 50.7 Å². The first-order valence-corrected chi connectivity index (χ1v) is 13.2. The minimum atomic E-state index is -4.56. The van der Waals surface area contributed by atoms with Gasteiger partial charge in [0.2, 0.25) is 0 Å². The smallest absolute Gasteiger partial charge is 0.416 e. The minimum absolute atomic E-state index is 0.00967. The second kappa shape index (κ2) is 13.9. The first-order chi connectivity index (χ1) is 19.8. The Morgan fingerprint density at radius 1 is 0.881 bits per heavy atom. The number of anilines is 2. The zero-order valence-corrected chi connectivity index (χ0v) is 23.8. The summed E-state index contributed by atoms with van der Waals surface area (Å²) in [6, 6.07) is 8.05. The zero-order chi connectivity index (χ0) is 31.0. The van der Waals surface area contributed by atoms with E-state index >= 15 is 0 Å². The molecule has 3 aromatic rings. The van der Waals surface area contributed by atoms with E-state index in [1.165, 1.54) is 42.7 Å². The molecule has 1 heterocycles. The summed E-state index contributed by atoms with van der Waals surface area (Å²) in [5.74, 6) is -2.71. The van der Waals surface area contributed by atoms with E-state index < -0.39 is 48.7 Å². The molecule has 0 aliphatic rings. The molecule has 10 nitrogen and oxygen atoms in total. The number of esters is 2. The Kier molecular flexibility index (Phi) is 10.5. The third-order valence-electron chi connectivity index (χ3n) is 5.68. The van der Waals surface area contributed by atoms with Crippen LogP contribution in [0.2, 0.25) is 0 Å². The van der Waals surface area contributed by atoms with Crippen LogP contribution in [0.15, 0.2) is 42.5 Å². The third-order valence-corrected chi connectivity index (χ3v) is 6.81. The Bertz CT molecular complexity index is 1490. The number of amides is 2. The summed E-state index contributed by atoms with van der Waals surface area (Å²) < 4.78 is 59.4. The minimum Gasteiger partial charge on any atom is -0.493 e. The number of carbonyl (C=O) groups is 4. The van der Waals surface area contributed by atoms with Crippen LogP contribution in [-0.2, 0) is 25.2 Å². The van der Waals surface area contributed by atoms with Gasteiger partial charge in [0.05, 0.1) is 30.4 Å². The summed E-state index contributed by atoms with van der Waals surface area (Å²) >= 11 is 1.19.